The molecule has 24 heavy (non-hydrogen) atoms. The third-order valence-electron chi connectivity index (χ3n) is 4.31. The second-order valence-electron chi connectivity index (χ2n) is 5.84. The lowest BCUT2D eigenvalue weighted by molar-refractivity contribution is 0.413. The summed E-state index contributed by atoms with van der Waals surface area (Å²) in [6.07, 6.45) is 3.92. The molecule has 2 atom stereocenters. The summed E-state index contributed by atoms with van der Waals surface area (Å²) in [6, 6.07) is 9.28. The van der Waals surface area contributed by atoms with Crippen LogP contribution >= 0.6 is 23.2 Å². The summed E-state index contributed by atoms with van der Waals surface area (Å²) < 4.78 is 1.39. The normalized spacial score (nSPS) is 19.4. The van der Waals surface area contributed by atoms with Crippen LogP contribution < -0.4 is 5.69 Å². The van der Waals surface area contributed by atoms with Crippen molar-refractivity contribution in [3.63, 3.8) is 0 Å². The fourth-order valence-electron chi connectivity index (χ4n) is 2.97. The molecule has 0 saturated heterocycles. The molecule has 2 N–H and O–H groups in total. The average Bonchev–Trinajstić information content (AvgIpc) is 3.29. The molecule has 0 spiro atoms. The largest absolute Gasteiger partial charge is 0.493 e. The van der Waals surface area contributed by atoms with Crippen LogP contribution in [0.15, 0.2) is 47.5 Å². The van der Waals surface area contributed by atoms with Gasteiger partial charge in [-0.2, -0.15) is 0 Å². The summed E-state index contributed by atoms with van der Waals surface area (Å²) in [4.78, 5) is 18.7. The van der Waals surface area contributed by atoms with E-state index in [2.05, 4.69) is 9.97 Å². The van der Waals surface area contributed by atoms with Crippen molar-refractivity contribution < 1.29 is 5.11 Å². The first-order chi connectivity index (χ1) is 11.5. The molecule has 3 aromatic rings. The van der Waals surface area contributed by atoms with E-state index in [4.69, 9.17) is 23.2 Å². The van der Waals surface area contributed by atoms with Crippen molar-refractivity contribution in [1.29, 1.82) is 0 Å². The van der Waals surface area contributed by atoms with E-state index in [9.17, 15) is 9.90 Å². The molecule has 122 valence electrons. The Morgan fingerprint density at radius 1 is 1.21 bits per heavy atom. The van der Waals surface area contributed by atoms with Gasteiger partial charge in [0, 0.05) is 23.7 Å². The van der Waals surface area contributed by atoms with Crippen LogP contribution in [0.25, 0.3) is 11.3 Å². The van der Waals surface area contributed by atoms with E-state index in [0.29, 0.717) is 10.0 Å². The maximum absolute atomic E-state index is 11.7. The molecule has 0 bridgehead atoms. The molecule has 0 unspecified atom stereocenters. The van der Waals surface area contributed by atoms with Gasteiger partial charge in [0.1, 0.15) is 0 Å². The number of benzene rings is 1. The number of hydrogen-bond donors (Lipinski definition) is 2. The number of aromatic nitrogens is 3. The number of imidazole rings is 1. The predicted octanol–water partition coefficient (Wildman–Crippen LogP) is 3.98. The van der Waals surface area contributed by atoms with E-state index >= 15 is 0 Å². The third kappa shape index (κ3) is 2.60. The van der Waals surface area contributed by atoms with Gasteiger partial charge in [0.2, 0.25) is 5.88 Å². The highest BCUT2D eigenvalue weighted by Crippen LogP contribution is 2.51. The minimum atomic E-state index is -0.291. The van der Waals surface area contributed by atoms with Gasteiger partial charge >= 0.3 is 5.69 Å². The number of rotatable bonds is 3. The van der Waals surface area contributed by atoms with Gasteiger partial charge in [0.15, 0.2) is 0 Å². The second kappa shape index (κ2) is 5.69. The van der Waals surface area contributed by atoms with Crippen molar-refractivity contribution in [2.24, 2.45) is 0 Å². The number of nitrogens with one attached hydrogen (secondary N) is 1. The number of H-pyrrole nitrogens is 1. The molecule has 5 nitrogen and oxygen atoms in total. The molecule has 0 aliphatic heterocycles. The number of pyridine rings is 1. The summed E-state index contributed by atoms with van der Waals surface area (Å²) in [6.45, 7) is 0. The molecule has 4 rings (SSSR count). The monoisotopic (exact) mass is 361 g/mol. The van der Waals surface area contributed by atoms with E-state index < -0.39 is 0 Å². The Labute approximate surface area is 147 Å². The highest BCUT2D eigenvalue weighted by Gasteiger charge is 2.42. The molecule has 2 aromatic heterocycles. The van der Waals surface area contributed by atoms with Crippen LogP contribution in [0.4, 0.5) is 0 Å². The van der Waals surface area contributed by atoms with Crippen molar-refractivity contribution >= 4 is 23.2 Å². The molecule has 0 radical (unpaired) electrons. The van der Waals surface area contributed by atoms with Gasteiger partial charge in [0.25, 0.3) is 0 Å². The maximum Gasteiger partial charge on any atom is 0.328 e. The number of halogens is 2. The predicted molar refractivity (Wildman–Crippen MR) is 92.8 cm³/mol. The first-order valence-electron chi connectivity index (χ1n) is 7.45. The third-order valence-corrected chi connectivity index (χ3v) is 5.05. The van der Waals surface area contributed by atoms with Crippen molar-refractivity contribution in [2.45, 2.75) is 18.4 Å². The standard InChI is InChI=1S/C17H13Cl2N3O2/c18-12-3-1-9(5-13(12)19)14-4-2-10(7-20-14)11-6-15(11)22-16(23)8-21-17(22)24/h1-5,7-8,11,15,23H,6H2,(H,21,24)/t11-,15+/m0/s1. The number of hydrogen-bond acceptors (Lipinski definition) is 3. The van der Waals surface area contributed by atoms with Gasteiger partial charge in [-0.1, -0.05) is 35.3 Å². The zero-order valence-electron chi connectivity index (χ0n) is 12.4. The maximum atomic E-state index is 11.7. The smallest absolute Gasteiger partial charge is 0.328 e. The minimum absolute atomic E-state index is 0.0265. The van der Waals surface area contributed by atoms with E-state index in [-0.39, 0.29) is 23.5 Å². The summed E-state index contributed by atoms with van der Waals surface area (Å²) in [5.41, 5.74) is 2.44. The lowest BCUT2D eigenvalue weighted by Crippen LogP contribution is -2.15. The molecule has 0 amide bonds. The Kier molecular flexibility index (Phi) is 3.62. The Balaban J connectivity index is 1.57. The van der Waals surface area contributed by atoms with E-state index in [1.165, 1.54) is 10.8 Å². The van der Waals surface area contributed by atoms with E-state index in [1.54, 1.807) is 18.3 Å². The summed E-state index contributed by atoms with van der Waals surface area (Å²) in [7, 11) is 0. The van der Waals surface area contributed by atoms with Crippen LogP contribution in [0.3, 0.4) is 0 Å². The highest BCUT2D eigenvalue weighted by molar-refractivity contribution is 6.42. The molecule has 2 heterocycles. The van der Waals surface area contributed by atoms with Crippen LogP contribution in [0.1, 0.15) is 23.9 Å². The Morgan fingerprint density at radius 2 is 2.04 bits per heavy atom. The van der Waals surface area contributed by atoms with Crippen molar-refractivity contribution in [3.8, 4) is 17.1 Å². The van der Waals surface area contributed by atoms with E-state index in [0.717, 1.165) is 23.2 Å². The summed E-state index contributed by atoms with van der Waals surface area (Å²) in [5, 5.41) is 10.7. The molecule has 7 heteroatoms. The fourth-order valence-corrected chi connectivity index (χ4v) is 3.26. The van der Waals surface area contributed by atoms with Gasteiger partial charge in [-0.15, -0.1) is 0 Å². The van der Waals surface area contributed by atoms with Gasteiger partial charge in [-0.05, 0) is 30.2 Å². The molecular formula is C17H13Cl2N3O2. The number of aromatic hydroxyl groups is 1. The Hall–Kier alpha value is -2.24. The van der Waals surface area contributed by atoms with Crippen LogP contribution in [0.5, 0.6) is 5.88 Å². The molecule has 1 fully saturated rings. The highest BCUT2D eigenvalue weighted by atomic mass is 35.5. The lowest BCUT2D eigenvalue weighted by atomic mass is 10.1. The first kappa shape index (κ1) is 15.3. The molecule has 1 saturated carbocycles. The van der Waals surface area contributed by atoms with Gasteiger partial charge in [-0.25, -0.2) is 4.79 Å². The minimum Gasteiger partial charge on any atom is -0.493 e. The van der Waals surface area contributed by atoms with Gasteiger partial charge in [0.05, 0.1) is 21.9 Å². The molecule has 1 aromatic carbocycles. The molecular weight excluding hydrogens is 349 g/mol. The fraction of sp³-hybridized carbons (Fsp3) is 0.176. The van der Waals surface area contributed by atoms with Crippen LogP contribution in [0, 0.1) is 0 Å². The average molecular weight is 362 g/mol. The quantitative estimate of drug-likeness (QED) is 0.740. The number of aromatic amines is 1. The lowest BCUT2D eigenvalue weighted by Gasteiger charge is -2.05. The van der Waals surface area contributed by atoms with Crippen LogP contribution in [-0.4, -0.2) is 19.6 Å². The second-order valence-corrected chi connectivity index (χ2v) is 6.65. The Morgan fingerprint density at radius 3 is 2.67 bits per heavy atom. The van der Waals surface area contributed by atoms with Gasteiger partial charge < -0.3 is 10.1 Å². The van der Waals surface area contributed by atoms with E-state index in [1.807, 2.05) is 18.2 Å². The van der Waals surface area contributed by atoms with Crippen LogP contribution in [-0.2, 0) is 0 Å². The van der Waals surface area contributed by atoms with Crippen molar-refractivity contribution in [1.82, 2.24) is 14.5 Å². The Bertz CT molecular complexity index is 963. The first-order valence-corrected chi connectivity index (χ1v) is 8.20. The molecule has 1 aliphatic carbocycles. The molecule has 1 aliphatic rings. The summed E-state index contributed by atoms with van der Waals surface area (Å²) >= 11 is 12.0. The summed E-state index contributed by atoms with van der Waals surface area (Å²) in [5.74, 6) is 0.146. The zero-order valence-corrected chi connectivity index (χ0v) is 13.9. The SMILES string of the molecule is O=c1[nH]cc(O)n1[C@@H]1C[C@H]1c1ccc(-c2ccc(Cl)c(Cl)c2)nc1. The van der Waals surface area contributed by atoms with Crippen molar-refractivity contribution in [3.05, 3.63) is 68.8 Å². The van der Waals surface area contributed by atoms with Gasteiger partial charge in [-0.3, -0.25) is 9.55 Å². The van der Waals surface area contributed by atoms with Crippen molar-refractivity contribution in [2.75, 3.05) is 0 Å². The van der Waals surface area contributed by atoms with Crippen LogP contribution in [0.2, 0.25) is 10.0 Å². The topological polar surface area (TPSA) is 70.9 Å². The zero-order chi connectivity index (χ0) is 16.8. The number of nitrogens with zero attached hydrogens (tertiary/aromatic N) is 2.